The summed E-state index contributed by atoms with van der Waals surface area (Å²) in [4.78, 5) is -0.0502. The first kappa shape index (κ1) is 15.8. The second kappa shape index (κ2) is 5.66. The van der Waals surface area contributed by atoms with Crippen molar-refractivity contribution < 1.29 is 17.7 Å². The Morgan fingerprint density at radius 3 is 2.38 bits per heavy atom. The van der Waals surface area contributed by atoms with Gasteiger partial charge in [0.15, 0.2) is 0 Å². The van der Waals surface area contributed by atoms with Gasteiger partial charge >= 0.3 is 0 Å². The first-order valence-electron chi connectivity index (χ1n) is 6.90. The number of aryl methyl sites for hydroxylation is 1. The Kier molecular flexibility index (Phi) is 4.25. The molecule has 2 aliphatic rings. The summed E-state index contributed by atoms with van der Waals surface area (Å²) in [5.74, 6) is 0.850. The van der Waals surface area contributed by atoms with E-state index in [1.54, 1.807) is 7.11 Å². The zero-order chi connectivity index (χ0) is 15.8. The van der Waals surface area contributed by atoms with Gasteiger partial charge in [0.25, 0.3) is 10.1 Å². The molecule has 5 heteroatoms. The molecule has 0 aromatic rings. The standard InChI is InChI=1S/C16H20O4S/c1-5-11-9-15(21(17,18)19)13-8-12(10(2)3)6-7-14(20-4)16(11)13/h6-10H,5H2,1-4H3,(H,17,18,19). The van der Waals surface area contributed by atoms with Gasteiger partial charge < -0.3 is 4.74 Å². The van der Waals surface area contributed by atoms with Crippen LogP contribution in [0.1, 0.15) is 37.8 Å². The molecule has 0 amide bonds. The first-order valence-corrected chi connectivity index (χ1v) is 8.34. The Morgan fingerprint density at radius 1 is 1.24 bits per heavy atom. The summed E-state index contributed by atoms with van der Waals surface area (Å²) in [7, 11) is -2.71. The number of methoxy groups -OCH3 is 1. The summed E-state index contributed by atoms with van der Waals surface area (Å²) in [5.41, 5.74) is 3.10. The lowest BCUT2D eigenvalue weighted by Crippen LogP contribution is -1.97. The predicted octanol–water partition coefficient (Wildman–Crippen LogP) is 3.73. The van der Waals surface area contributed by atoms with Crippen molar-refractivity contribution in [3.8, 4) is 16.9 Å². The zero-order valence-corrected chi connectivity index (χ0v) is 13.5. The molecule has 1 N–H and O–H groups in total. The number of hydrogen-bond acceptors (Lipinski definition) is 3. The van der Waals surface area contributed by atoms with Gasteiger partial charge in [-0.05, 0) is 41.7 Å². The Labute approximate surface area is 125 Å². The molecule has 0 fully saturated rings. The van der Waals surface area contributed by atoms with Crippen molar-refractivity contribution in [2.75, 3.05) is 7.11 Å². The average Bonchev–Trinajstić information content (AvgIpc) is 2.65. The van der Waals surface area contributed by atoms with Crippen molar-refractivity contribution >= 4 is 10.1 Å². The Morgan fingerprint density at radius 2 is 1.90 bits per heavy atom. The van der Waals surface area contributed by atoms with Gasteiger partial charge in [0.05, 0.1) is 7.11 Å². The summed E-state index contributed by atoms with van der Waals surface area (Å²) in [5, 5.41) is 0. The topological polar surface area (TPSA) is 63.6 Å². The molecule has 0 aliphatic heterocycles. The van der Waals surface area contributed by atoms with E-state index in [-0.39, 0.29) is 10.8 Å². The fourth-order valence-corrected chi connectivity index (χ4v) is 3.26. The maximum atomic E-state index is 11.7. The van der Waals surface area contributed by atoms with Crippen LogP contribution in [0.5, 0.6) is 5.75 Å². The van der Waals surface area contributed by atoms with E-state index in [0.29, 0.717) is 17.7 Å². The van der Waals surface area contributed by atoms with Crippen LogP contribution in [0.4, 0.5) is 0 Å². The summed E-state index contributed by atoms with van der Waals surface area (Å²) in [6.45, 7) is 6.01. The molecule has 0 saturated carbocycles. The number of ether oxygens (including phenoxy) is 1. The third-order valence-electron chi connectivity index (χ3n) is 3.69. The molecule has 0 aromatic heterocycles. The minimum absolute atomic E-state index is 0.0502. The van der Waals surface area contributed by atoms with Gasteiger partial charge in [-0.3, -0.25) is 4.55 Å². The molecule has 0 aromatic carbocycles. The van der Waals surface area contributed by atoms with E-state index in [9.17, 15) is 13.0 Å². The molecular formula is C16H20O4S. The second-order valence-corrected chi connectivity index (χ2v) is 6.74. The lowest BCUT2D eigenvalue weighted by atomic mass is 10.0. The molecule has 0 spiro atoms. The van der Waals surface area contributed by atoms with Gasteiger partial charge in [0.2, 0.25) is 0 Å². The van der Waals surface area contributed by atoms with Crippen LogP contribution in [0.15, 0.2) is 29.2 Å². The fraction of sp³-hybridized carbons (Fsp3) is 0.375. The Hall–Kier alpha value is -1.59. The van der Waals surface area contributed by atoms with Gasteiger partial charge in [-0.2, -0.15) is 8.42 Å². The van der Waals surface area contributed by atoms with E-state index >= 15 is 0 Å². The molecule has 0 atom stereocenters. The van der Waals surface area contributed by atoms with E-state index in [2.05, 4.69) is 0 Å². The second-order valence-electron chi connectivity index (χ2n) is 5.35. The van der Waals surface area contributed by atoms with Crippen LogP contribution in [0.25, 0.3) is 11.1 Å². The maximum absolute atomic E-state index is 11.7. The third kappa shape index (κ3) is 2.89. The van der Waals surface area contributed by atoms with Crippen molar-refractivity contribution in [2.45, 2.75) is 38.0 Å². The minimum Gasteiger partial charge on any atom is -0.496 e. The normalized spacial score (nSPS) is 12.1. The van der Waals surface area contributed by atoms with E-state index in [0.717, 1.165) is 16.7 Å². The predicted molar refractivity (Wildman–Crippen MR) is 82.9 cm³/mol. The van der Waals surface area contributed by atoms with Gasteiger partial charge in [-0.25, -0.2) is 0 Å². The van der Waals surface area contributed by atoms with Crippen LogP contribution in [0.3, 0.4) is 0 Å². The third-order valence-corrected chi connectivity index (χ3v) is 4.58. The maximum Gasteiger partial charge on any atom is 0.295 e. The van der Waals surface area contributed by atoms with E-state index in [1.807, 2.05) is 39.0 Å². The number of rotatable bonds is 4. The van der Waals surface area contributed by atoms with Crippen molar-refractivity contribution in [3.63, 3.8) is 0 Å². The van der Waals surface area contributed by atoms with Crippen molar-refractivity contribution in [2.24, 2.45) is 0 Å². The minimum atomic E-state index is -4.27. The highest BCUT2D eigenvalue weighted by Gasteiger charge is 2.25. The molecule has 0 heterocycles. The van der Waals surface area contributed by atoms with Crippen LogP contribution in [0.2, 0.25) is 0 Å². The van der Waals surface area contributed by atoms with E-state index in [1.165, 1.54) is 6.07 Å². The van der Waals surface area contributed by atoms with Crippen LogP contribution in [-0.4, -0.2) is 20.1 Å². The Bertz CT molecular complexity index is 732. The number of fused-ring (bicyclic) bond motifs is 1. The molecule has 114 valence electrons. The highest BCUT2D eigenvalue weighted by molar-refractivity contribution is 7.86. The molecule has 0 unspecified atom stereocenters. The first-order chi connectivity index (χ1) is 9.79. The van der Waals surface area contributed by atoms with E-state index < -0.39 is 10.1 Å². The molecule has 0 radical (unpaired) electrons. The van der Waals surface area contributed by atoms with Gasteiger partial charge in [0, 0.05) is 11.1 Å². The highest BCUT2D eigenvalue weighted by Crippen LogP contribution is 2.42. The number of hydrogen-bond donors (Lipinski definition) is 1. The van der Waals surface area contributed by atoms with Crippen molar-refractivity contribution in [1.29, 1.82) is 0 Å². The van der Waals surface area contributed by atoms with Gasteiger partial charge in [0.1, 0.15) is 10.6 Å². The van der Waals surface area contributed by atoms with Gasteiger partial charge in [-0.15, -0.1) is 0 Å². The smallest absolute Gasteiger partial charge is 0.295 e. The molecule has 2 aliphatic carbocycles. The SMILES string of the molecule is CCc1cc(S(=O)(=O)O)c2cc(C(C)C)ccc(OC)c1-2. The summed E-state index contributed by atoms with van der Waals surface area (Å²) in [6, 6.07) is 7.14. The highest BCUT2D eigenvalue weighted by atomic mass is 32.2. The molecule has 0 bridgehead atoms. The molecule has 21 heavy (non-hydrogen) atoms. The van der Waals surface area contributed by atoms with Crippen molar-refractivity contribution in [1.82, 2.24) is 0 Å². The fourth-order valence-electron chi connectivity index (χ4n) is 2.53. The van der Waals surface area contributed by atoms with Crippen LogP contribution < -0.4 is 4.74 Å². The quantitative estimate of drug-likeness (QED) is 0.874. The molecule has 0 saturated heterocycles. The van der Waals surface area contributed by atoms with Gasteiger partial charge in [-0.1, -0.05) is 26.8 Å². The van der Waals surface area contributed by atoms with Crippen LogP contribution >= 0.6 is 0 Å². The molecular weight excluding hydrogens is 288 g/mol. The molecule has 2 rings (SSSR count). The summed E-state index contributed by atoms with van der Waals surface area (Å²) in [6.07, 6.45) is 0.656. The van der Waals surface area contributed by atoms with E-state index in [4.69, 9.17) is 4.74 Å². The average molecular weight is 308 g/mol. The van der Waals surface area contributed by atoms with Crippen LogP contribution in [0, 0.1) is 0 Å². The van der Waals surface area contributed by atoms with Crippen LogP contribution in [-0.2, 0) is 16.5 Å². The van der Waals surface area contributed by atoms with Crippen molar-refractivity contribution in [3.05, 3.63) is 35.4 Å². The molecule has 4 nitrogen and oxygen atoms in total. The largest absolute Gasteiger partial charge is 0.496 e. The summed E-state index contributed by atoms with van der Waals surface area (Å²) >= 11 is 0. The zero-order valence-electron chi connectivity index (χ0n) is 12.7. The Balaban J connectivity index is 2.92. The summed E-state index contributed by atoms with van der Waals surface area (Å²) < 4.78 is 38.3. The monoisotopic (exact) mass is 308 g/mol. The lowest BCUT2D eigenvalue weighted by Gasteiger charge is -2.06. The lowest BCUT2D eigenvalue weighted by molar-refractivity contribution is 0.416.